The van der Waals surface area contributed by atoms with Gasteiger partial charge in [-0.1, -0.05) is 24.6 Å². The zero-order valence-corrected chi connectivity index (χ0v) is 14.7. The third-order valence-corrected chi connectivity index (χ3v) is 4.84. The molecule has 1 aliphatic carbocycles. The van der Waals surface area contributed by atoms with Crippen LogP contribution in [0.3, 0.4) is 0 Å². The van der Waals surface area contributed by atoms with Crippen molar-refractivity contribution < 1.29 is 14.3 Å². The highest BCUT2D eigenvalue weighted by atomic mass is 16.5. The van der Waals surface area contributed by atoms with Crippen LogP contribution in [0, 0.1) is 5.92 Å². The standard InChI is InChI=1S/C20H26N2O3/c1-15-14-22(10-11-25-15)20(24)18-7-3-6-17(12-18)13-21-19(23)9-8-16-4-2-5-16/h3,6-9,12,15-16H,2,4-5,10-11,13-14H2,1H3,(H,21,23)/b9-8+/t15-/m0/s1. The van der Waals surface area contributed by atoms with E-state index in [1.54, 1.807) is 6.08 Å². The monoisotopic (exact) mass is 342 g/mol. The molecule has 3 rings (SSSR count). The molecule has 0 unspecified atom stereocenters. The summed E-state index contributed by atoms with van der Waals surface area (Å²) in [5.41, 5.74) is 1.59. The summed E-state index contributed by atoms with van der Waals surface area (Å²) in [7, 11) is 0. The summed E-state index contributed by atoms with van der Waals surface area (Å²) in [6.45, 7) is 4.22. The number of benzene rings is 1. The van der Waals surface area contributed by atoms with Crippen molar-refractivity contribution >= 4 is 11.8 Å². The van der Waals surface area contributed by atoms with Gasteiger partial charge in [-0.05, 0) is 49.5 Å². The summed E-state index contributed by atoms with van der Waals surface area (Å²) in [6, 6.07) is 7.47. The number of nitrogens with one attached hydrogen (secondary N) is 1. The van der Waals surface area contributed by atoms with Gasteiger partial charge in [0.25, 0.3) is 5.91 Å². The van der Waals surface area contributed by atoms with Crippen molar-refractivity contribution in [3.63, 3.8) is 0 Å². The molecule has 2 aliphatic rings. The van der Waals surface area contributed by atoms with Crippen molar-refractivity contribution in [2.75, 3.05) is 19.7 Å². The first-order valence-corrected chi connectivity index (χ1v) is 9.07. The molecule has 5 heteroatoms. The molecule has 1 saturated heterocycles. The number of nitrogens with zero attached hydrogens (tertiary/aromatic N) is 1. The molecule has 2 fully saturated rings. The Bertz CT molecular complexity index is 652. The number of amides is 2. The van der Waals surface area contributed by atoms with E-state index in [4.69, 9.17) is 4.74 Å². The maximum atomic E-state index is 12.6. The molecule has 0 radical (unpaired) electrons. The fraction of sp³-hybridized carbons (Fsp3) is 0.500. The Kier molecular flexibility index (Phi) is 5.87. The van der Waals surface area contributed by atoms with E-state index in [9.17, 15) is 9.59 Å². The smallest absolute Gasteiger partial charge is 0.254 e. The zero-order valence-electron chi connectivity index (χ0n) is 14.7. The highest BCUT2D eigenvalue weighted by Gasteiger charge is 2.22. The average molecular weight is 342 g/mol. The molecule has 1 aromatic carbocycles. The maximum Gasteiger partial charge on any atom is 0.254 e. The van der Waals surface area contributed by atoms with Gasteiger partial charge < -0.3 is 15.0 Å². The predicted molar refractivity (Wildman–Crippen MR) is 96.1 cm³/mol. The van der Waals surface area contributed by atoms with Crippen LogP contribution in [0.2, 0.25) is 0 Å². The fourth-order valence-electron chi connectivity index (χ4n) is 3.10. The van der Waals surface area contributed by atoms with Gasteiger partial charge in [-0.2, -0.15) is 0 Å². The molecule has 1 saturated carbocycles. The van der Waals surface area contributed by atoms with Crippen LogP contribution in [-0.2, 0) is 16.1 Å². The van der Waals surface area contributed by atoms with E-state index in [0.29, 0.717) is 37.7 Å². The van der Waals surface area contributed by atoms with Gasteiger partial charge in [0.05, 0.1) is 12.7 Å². The molecule has 1 aliphatic heterocycles. The average Bonchev–Trinajstić information content (AvgIpc) is 2.58. The van der Waals surface area contributed by atoms with E-state index < -0.39 is 0 Å². The van der Waals surface area contributed by atoms with Crippen molar-refractivity contribution in [3.05, 3.63) is 47.5 Å². The lowest BCUT2D eigenvalue weighted by Crippen LogP contribution is -2.44. The predicted octanol–water partition coefficient (Wildman–Crippen LogP) is 2.52. The summed E-state index contributed by atoms with van der Waals surface area (Å²) in [5.74, 6) is 0.515. The molecular weight excluding hydrogens is 316 g/mol. The first-order chi connectivity index (χ1) is 12.1. The molecule has 0 spiro atoms. The van der Waals surface area contributed by atoms with Gasteiger partial charge in [-0.25, -0.2) is 0 Å². The van der Waals surface area contributed by atoms with Gasteiger partial charge in [-0.15, -0.1) is 0 Å². The van der Waals surface area contributed by atoms with Crippen LogP contribution in [-0.4, -0.2) is 42.5 Å². The van der Waals surface area contributed by atoms with E-state index in [0.717, 1.165) is 5.56 Å². The number of allylic oxidation sites excluding steroid dienone is 1. The van der Waals surface area contributed by atoms with Gasteiger partial charge in [-0.3, -0.25) is 9.59 Å². The number of ether oxygens (including phenoxy) is 1. The summed E-state index contributed by atoms with van der Waals surface area (Å²) >= 11 is 0. The second-order valence-electron chi connectivity index (χ2n) is 6.90. The summed E-state index contributed by atoms with van der Waals surface area (Å²) in [6.07, 6.45) is 7.34. The van der Waals surface area contributed by atoms with E-state index in [2.05, 4.69) is 5.32 Å². The number of morpholine rings is 1. The van der Waals surface area contributed by atoms with Crippen molar-refractivity contribution in [1.29, 1.82) is 0 Å². The summed E-state index contributed by atoms with van der Waals surface area (Å²) < 4.78 is 5.49. The third-order valence-electron chi connectivity index (χ3n) is 4.84. The molecule has 0 aromatic heterocycles. The van der Waals surface area contributed by atoms with Gasteiger partial charge in [0.2, 0.25) is 5.91 Å². The van der Waals surface area contributed by atoms with Gasteiger partial charge in [0.1, 0.15) is 0 Å². The van der Waals surface area contributed by atoms with Crippen molar-refractivity contribution in [1.82, 2.24) is 10.2 Å². The minimum Gasteiger partial charge on any atom is -0.375 e. The zero-order chi connectivity index (χ0) is 17.6. The van der Waals surface area contributed by atoms with E-state index in [1.807, 2.05) is 42.2 Å². The van der Waals surface area contributed by atoms with Gasteiger partial charge in [0, 0.05) is 25.2 Å². The molecule has 1 N–H and O–H groups in total. The minimum atomic E-state index is -0.0781. The Morgan fingerprint density at radius 3 is 2.92 bits per heavy atom. The van der Waals surface area contributed by atoms with E-state index in [1.165, 1.54) is 19.3 Å². The number of carbonyl (C=O) groups excluding carboxylic acids is 2. The van der Waals surface area contributed by atoms with E-state index in [-0.39, 0.29) is 17.9 Å². The van der Waals surface area contributed by atoms with Crippen LogP contribution < -0.4 is 5.32 Å². The molecule has 25 heavy (non-hydrogen) atoms. The van der Waals surface area contributed by atoms with Gasteiger partial charge >= 0.3 is 0 Å². The Hall–Kier alpha value is -2.14. The second kappa shape index (κ2) is 8.30. The molecule has 2 amide bonds. The molecule has 0 bridgehead atoms. The lowest BCUT2D eigenvalue weighted by molar-refractivity contribution is -0.116. The number of hydrogen-bond acceptors (Lipinski definition) is 3. The second-order valence-corrected chi connectivity index (χ2v) is 6.90. The van der Waals surface area contributed by atoms with Crippen molar-refractivity contribution in [2.45, 2.75) is 38.8 Å². The normalized spacial score (nSPS) is 21.2. The van der Waals surface area contributed by atoms with Crippen LogP contribution in [0.25, 0.3) is 0 Å². The maximum absolute atomic E-state index is 12.6. The van der Waals surface area contributed by atoms with Crippen molar-refractivity contribution in [2.24, 2.45) is 5.92 Å². The SMILES string of the molecule is C[C@H]1CN(C(=O)c2cccc(CNC(=O)/C=C/C3CCC3)c2)CCO1. The number of carbonyl (C=O) groups is 2. The highest BCUT2D eigenvalue weighted by Crippen LogP contribution is 2.27. The molecule has 1 aromatic rings. The topological polar surface area (TPSA) is 58.6 Å². The van der Waals surface area contributed by atoms with Crippen LogP contribution >= 0.6 is 0 Å². The summed E-state index contributed by atoms with van der Waals surface area (Å²) in [5, 5.41) is 2.88. The minimum absolute atomic E-state index is 0.0215. The van der Waals surface area contributed by atoms with Crippen LogP contribution in [0.15, 0.2) is 36.4 Å². The van der Waals surface area contributed by atoms with Crippen molar-refractivity contribution in [3.8, 4) is 0 Å². The Balaban J connectivity index is 1.54. The fourth-order valence-corrected chi connectivity index (χ4v) is 3.10. The van der Waals surface area contributed by atoms with Gasteiger partial charge in [0.15, 0.2) is 0 Å². The Labute approximate surface area is 149 Å². The lowest BCUT2D eigenvalue weighted by atomic mass is 9.85. The van der Waals surface area contributed by atoms with Crippen LogP contribution in [0.1, 0.15) is 42.1 Å². The Morgan fingerprint density at radius 2 is 2.20 bits per heavy atom. The Morgan fingerprint density at radius 1 is 1.36 bits per heavy atom. The number of hydrogen-bond donors (Lipinski definition) is 1. The highest BCUT2D eigenvalue weighted by molar-refractivity contribution is 5.94. The quantitative estimate of drug-likeness (QED) is 0.837. The molecule has 1 atom stereocenters. The first-order valence-electron chi connectivity index (χ1n) is 9.07. The first kappa shape index (κ1) is 17.7. The summed E-state index contributed by atoms with van der Waals surface area (Å²) in [4.78, 5) is 26.3. The molecular formula is C20H26N2O3. The molecule has 134 valence electrons. The molecule has 1 heterocycles. The largest absolute Gasteiger partial charge is 0.375 e. The number of rotatable bonds is 5. The van der Waals surface area contributed by atoms with Crippen LogP contribution in [0.4, 0.5) is 0 Å². The lowest BCUT2D eigenvalue weighted by Gasteiger charge is -2.31. The molecule has 5 nitrogen and oxygen atoms in total. The van der Waals surface area contributed by atoms with E-state index >= 15 is 0 Å². The third kappa shape index (κ3) is 4.92. The van der Waals surface area contributed by atoms with Crippen LogP contribution in [0.5, 0.6) is 0 Å².